The molecule has 0 fully saturated rings. The summed E-state index contributed by atoms with van der Waals surface area (Å²) in [5.41, 5.74) is 0.769. The molecule has 0 saturated heterocycles. The maximum atomic E-state index is 12.5. The van der Waals surface area contributed by atoms with Gasteiger partial charge in [-0.05, 0) is 19.1 Å². The van der Waals surface area contributed by atoms with Gasteiger partial charge in [-0.25, -0.2) is 14.5 Å². The summed E-state index contributed by atoms with van der Waals surface area (Å²) in [6.45, 7) is 1.82. The highest BCUT2D eigenvalue weighted by Gasteiger charge is 2.14. The van der Waals surface area contributed by atoms with E-state index in [1.807, 2.05) is 30.3 Å². The number of hydrogen-bond donors (Lipinski definition) is 2. The number of imide groups is 1. The summed E-state index contributed by atoms with van der Waals surface area (Å²) in [6, 6.07) is 8.68. The molecule has 3 amide bonds. The molecule has 9 heteroatoms. The van der Waals surface area contributed by atoms with E-state index in [0.717, 1.165) is 10.3 Å². The van der Waals surface area contributed by atoms with Crippen molar-refractivity contribution in [1.29, 1.82) is 0 Å². The minimum Gasteiger partial charge on any atom is -0.338 e. The Bertz CT molecular complexity index is 976. The highest BCUT2D eigenvalue weighted by atomic mass is 16.2. The van der Waals surface area contributed by atoms with Gasteiger partial charge in [-0.15, -0.1) is 0 Å². The molecule has 0 radical (unpaired) electrons. The Hall–Kier alpha value is -3.49. The summed E-state index contributed by atoms with van der Waals surface area (Å²) < 4.78 is 2.68. The van der Waals surface area contributed by atoms with E-state index >= 15 is 0 Å². The van der Waals surface area contributed by atoms with Crippen molar-refractivity contribution in [3.8, 4) is 5.69 Å². The molecular weight excluding hydrogens is 324 g/mol. The predicted molar refractivity (Wildman–Crippen MR) is 90.3 cm³/mol. The Kier molecular flexibility index (Phi) is 4.55. The summed E-state index contributed by atoms with van der Waals surface area (Å²) in [5, 5.41) is 9.06. The van der Waals surface area contributed by atoms with E-state index < -0.39 is 17.5 Å². The van der Waals surface area contributed by atoms with Crippen molar-refractivity contribution in [2.24, 2.45) is 0 Å². The van der Waals surface area contributed by atoms with Gasteiger partial charge in [0, 0.05) is 6.54 Å². The lowest BCUT2D eigenvalue weighted by Gasteiger charge is -2.07. The second kappa shape index (κ2) is 6.95. The zero-order chi connectivity index (χ0) is 17.8. The van der Waals surface area contributed by atoms with Gasteiger partial charge in [0.05, 0.1) is 11.9 Å². The Balaban J connectivity index is 1.88. The fourth-order valence-corrected chi connectivity index (χ4v) is 2.35. The molecule has 0 unspecified atom stereocenters. The number of rotatable bonds is 4. The minimum absolute atomic E-state index is 0.289. The van der Waals surface area contributed by atoms with Crippen LogP contribution in [0.5, 0.6) is 0 Å². The van der Waals surface area contributed by atoms with Gasteiger partial charge < -0.3 is 5.32 Å². The van der Waals surface area contributed by atoms with Gasteiger partial charge in [0.15, 0.2) is 5.65 Å². The molecule has 0 aliphatic carbocycles. The second-order valence-electron chi connectivity index (χ2n) is 5.21. The zero-order valence-electron chi connectivity index (χ0n) is 13.5. The smallest absolute Gasteiger partial charge is 0.321 e. The van der Waals surface area contributed by atoms with Crippen LogP contribution in [0.2, 0.25) is 0 Å². The number of urea groups is 1. The van der Waals surface area contributed by atoms with Crippen LogP contribution in [0, 0.1) is 0 Å². The van der Waals surface area contributed by atoms with Crippen molar-refractivity contribution >= 4 is 23.0 Å². The Morgan fingerprint density at radius 3 is 2.68 bits per heavy atom. The van der Waals surface area contributed by atoms with Gasteiger partial charge in [0.2, 0.25) is 5.91 Å². The fourth-order valence-electron chi connectivity index (χ4n) is 2.35. The molecule has 2 heterocycles. The first-order chi connectivity index (χ1) is 12.1. The topological polar surface area (TPSA) is 111 Å². The average molecular weight is 340 g/mol. The molecule has 2 N–H and O–H groups in total. The van der Waals surface area contributed by atoms with Crippen LogP contribution in [0.4, 0.5) is 4.79 Å². The van der Waals surface area contributed by atoms with Gasteiger partial charge in [-0.1, -0.05) is 18.2 Å². The summed E-state index contributed by atoms with van der Waals surface area (Å²) in [4.78, 5) is 39.9. The third-order valence-electron chi connectivity index (χ3n) is 3.46. The summed E-state index contributed by atoms with van der Waals surface area (Å²) in [5.74, 6) is -0.607. The SMILES string of the molecule is CCNC(=O)NC(=O)Cn1cnc2c(cnn2-c2ccccc2)c1=O. The second-order valence-corrected chi connectivity index (χ2v) is 5.21. The molecule has 9 nitrogen and oxygen atoms in total. The number of fused-ring (bicyclic) bond motifs is 1. The standard InChI is InChI=1S/C16H16N6O3/c1-2-17-16(25)20-13(23)9-21-10-18-14-12(15(21)24)8-19-22(14)11-6-4-3-5-7-11/h3-8,10H,2,9H2,1H3,(H2,17,20,23,25). The van der Waals surface area contributed by atoms with Crippen molar-refractivity contribution in [3.63, 3.8) is 0 Å². The molecule has 0 aliphatic rings. The van der Waals surface area contributed by atoms with Crippen molar-refractivity contribution in [3.05, 3.63) is 53.2 Å². The van der Waals surface area contributed by atoms with Gasteiger partial charge >= 0.3 is 6.03 Å². The van der Waals surface area contributed by atoms with Crippen LogP contribution in [-0.4, -0.2) is 37.8 Å². The van der Waals surface area contributed by atoms with Crippen molar-refractivity contribution < 1.29 is 9.59 Å². The van der Waals surface area contributed by atoms with Gasteiger partial charge in [-0.2, -0.15) is 5.10 Å². The van der Waals surface area contributed by atoms with Crippen LogP contribution in [0.15, 0.2) is 47.7 Å². The van der Waals surface area contributed by atoms with Crippen LogP contribution in [0.3, 0.4) is 0 Å². The van der Waals surface area contributed by atoms with Crippen LogP contribution in [0.25, 0.3) is 16.7 Å². The predicted octanol–water partition coefficient (Wildman–Crippen LogP) is 0.428. The molecule has 1 aromatic carbocycles. The quantitative estimate of drug-likeness (QED) is 0.715. The molecule has 128 valence electrons. The van der Waals surface area contributed by atoms with Crippen molar-refractivity contribution in [1.82, 2.24) is 30.0 Å². The van der Waals surface area contributed by atoms with Crippen LogP contribution in [-0.2, 0) is 11.3 Å². The maximum Gasteiger partial charge on any atom is 0.321 e. The third-order valence-corrected chi connectivity index (χ3v) is 3.46. The Morgan fingerprint density at radius 2 is 1.96 bits per heavy atom. The monoisotopic (exact) mass is 340 g/mol. The number of nitrogens with zero attached hydrogens (tertiary/aromatic N) is 4. The largest absolute Gasteiger partial charge is 0.338 e. The summed E-state index contributed by atoms with van der Waals surface area (Å²) in [6.07, 6.45) is 2.68. The van der Waals surface area contributed by atoms with Crippen LogP contribution in [0.1, 0.15) is 6.92 Å². The Labute approximate surface area is 142 Å². The molecule has 0 saturated carbocycles. The number of amides is 3. The van der Waals surface area contributed by atoms with Crippen molar-refractivity contribution in [2.75, 3.05) is 6.54 Å². The summed E-state index contributed by atoms with van der Waals surface area (Å²) >= 11 is 0. The molecule has 0 bridgehead atoms. The van der Waals surface area contributed by atoms with Crippen LogP contribution < -0.4 is 16.2 Å². The van der Waals surface area contributed by atoms with E-state index in [0.29, 0.717) is 12.2 Å². The molecule has 0 aliphatic heterocycles. The number of carbonyl (C=O) groups excluding carboxylic acids is 2. The van der Waals surface area contributed by atoms with E-state index in [9.17, 15) is 14.4 Å². The fraction of sp³-hybridized carbons (Fsp3) is 0.188. The van der Waals surface area contributed by atoms with E-state index in [2.05, 4.69) is 20.7 Å². The number of benzene rings is 1. The molecule has 0 spiro atoms. The number of hydrogen-bond acceptors (Lipinski definition) is 5. The normalized spacial score (nSPS) is 10.6. The lowest BCUT2D eigenvalue weighted by atomic mass is 10.3. The van der Waals surface area contributed by atoms with E-state index in [1.54, 1.807) is 11.6 Å². The van der Waals surface area contributed by atoms with Crippen LogP contribution >= 0.6 is 0 Å². The lowest BCUT2D eigenvalue weighted by Crippen LogP contribution is -2.42. The highest BCUT2D eigenvalue weighted by Crippen LogP contribution is 2.12. The number of nitrogens with one attached hydrogen (secondary N) is 2. The first-order valence-electron chi connectivity index (χ1n) is 7.66. The third kappa shape index (κ3) is 3.39. The molecular formula is C16H16N6O3. The number of para-hydroxylation sites is 1. The number of aromatic nitrogens is 4. The zero-order valence-corrected chi connectivity index (χ0v) is 13.5. The van der Waals surface area contributed by atoms with E-state index in [1.165, 1.54) is 12.5 Å². The number of carbonyl (C=O) groups is 2. The molecule has 3 aromatic rings. The van der Waals surface area contributed by atoms with Gasteiger partial charge in [0.1, 0.15) is 18.3 Å². The molecule has 3 rings (SSSR count). The van der Waals surface area contributed by atoms with Crippen molar-refractivity contribution in [2.45, 2.75) is 13.5 Å². The summed E-state index contributed by atoms with van der Waals surface area (Å²) in [7, 11) is 0. The molecule has 0 atom stereocenters. The van der Waals surface area contributed by atoms with E-state index in [4.69, 9.17) is 0 Å². The molecule has 25 heavy (non-hydrogen) atoms. The lowest BCUT2D eigenvalue weighted by molar-refractivity contribution is -0.120. The first-order valence-corrected chi connectivity index (χ1v) is 7.66. The van der Waals surface area contributed by atoms with E-state index in [-0.39, 0.29) is 11.9 Å². The minimum atomic E-state index is -0.607. The maximum absolute atomic E-state index is 12.5. The Morgan fingerprint density at radius 1 is 1.20 bits per heavy atom. The highest BCUT2D eigenvalue weighted by molar-refractivity contribution is 5.94. The first kappa shape index (κ1) is 16.4. The molecule has 2 aromatic heterocycles. The van der Waals surface area contributed by atoms with Gasteiger partial charge in [0.25, 0.3) is 5.56 Å². The average Bonchev–Trinajstić information content (AvgIpc) is 3.03. The van der Waals surface area contributed by atoms with Gasteiger partial charge in [-0.3, -0.25) is 19.5 Å².